The fourth-order valence-corrected chi connectivity index (χ4v) is 4.29. The number of urea groups is 1. The average molecular weight is 374 g/mol. The van der Waals surface area contributed by atoms with E-state index in [1.165, 1.54) is 11.3 Å². The van der Waals surface area contributed by atoms with Crippen LogP contribution in [0.5, 0.6) is 0 Å². The molecule has 9 heteroatoms. The lowest BCUT2D eigenvalue weighted by Gasteiger charge is -2.34. The molecule has 4 amide bonds. The fourth-order valence-electron chi connectivity index (χ4n) is 3.49. The summed E-state index contributed by atoms with van der Waals surface area (Å²) < 4.78 is 5.05. The van der Waals surface area contributed by atoms with Crippen LogP contribution in [-0.2, 0) is 16.0 Å². The highest BCUT2D eigenvalue weighted by molar-refractivity contribution is 7.13. The van der Waals surface area contributed by atoms with Gasteiger partial charge in [-0.2, -0.15) is 0 Å². The number of amides is 4. The monoisotopic (exact) mass is 374 g/mol. The van der Waals surface area contributed by atoms with Crippen molar-refractivity contribution in [3.8, 4) is 10.6 Å². The zero-order valence-electron chi connectivity index (χ0n) is 13.9. The van der Waals surface area contributed by atoms with Gasteiger partial charge in [0, 0.05) is 17.0 Å². The first kappa shape index (κ1) is 16.8. The quantitative estimate of drug-likeness (QED) is 0.703. The van der Waals surface area contributed by atoms with Crippen molar-refractivity contribution in [3.05, 3.63) is 29.7 Å². The lowest BCUT2D eigenvalue weighted by molar-refractivity contribution is -0.125. The molecular formula is C17H18N4O4S. The molecule has 2 aliphatic rings. The highest BCUT2D eigenvalue weighted by Crippen LogP contribution is 2.31. The summed E-state index contributed by atoms with van der Waals surface area (Å²) in [6.45, 7) is 0. The second kappa shape index (κ2) is 6.56. The van der Waals surface area contributed by atoms with E-state index in [1.54, 1.807) is 12.5 Å². The maximum atomic E-state index is 12.3. The van der Waals surface area contributed by atoms with Gasteiger partial charge in [-0.05, 0) is 31.7 Å². The van der Waals surface area contributed by atoms with Crippen LogP contribution in [0.2, 0.25) is 0 Å². The van der Waals surface area contributed by atoms with E-state index >= 15 is 0 Å². The van der Waals surface area contributed by atoms with Crippen LogP contribution >= 0.6 is 11.3 Å². The first-order valence-corrected chi connectivity index (χ1v) is 9.32. The second-order valence-electron chi connectivity index (χ2n) is 6.66. The van der Waals surface area contributed by atoms with E-state index in [2.05, 4.69) is 20.9 Å². The van der Waals surface area contributed by atoms with Crippen LogP contribution < -0.4 is 16.0 Å². The van der Waals surface area contributed by atoms with Crippen LogP contribution in [0.3, 0.4) is 0 Å². The summed E-state index contributed by atoms with van der Waals surface area (Å²) in [6.07, 6.45) is 5.78. The van der Waals surface area contributed by atoms with E-state index in [0.29, 0.717) is 25.7 Å². The van der Waals surface area contributed by atoms with Crippen LogP contribution in [0.1, 0.15) is 31.4 Å². The van der Waals surface area contributed by atoms with Crippen molar-refractivity contribution in [2.75, 3.05) is 0 Å². The molecule has 1 spiro atoms. The predicted molar refractivity (Wildman–Crippen MR) is 93.3 cm³/mol. The summed E-state index contributed by atoms with van der Waals surface area (Å²) in [5.74, 6) is -0.351. The summed E-state index contributed by atoms with van der Waals surface area (Å²) in [7, 11) is 0. The molecule has 136 valence electrons. The normalized spacial score (nSPS) is 25.2. The van der Waals surface area contributed by atoms with Gasteiger partial charge in [-0.15, -0.1) is 11.3 Å². The Hall–Kier alpha value is -2.68. The maximum Gasteiger partial charge on any atom is 0.322 e. The lowest BCUT2D eigenvalue weighted by Crippen LogP contribution is -2.52. The molecule has 3 heterocycles. The number of thiazole rings is 1. The predicted octanol–water partition coefficient (Wildman–Crippen LogP) is 1.58. The number of furan rings is 1. The van der Waals surface area contributed by atoms with Crippen LogP contribution in [0.15, 0.2) is 28.4 Å². The number of nitrogens with one attached hydrogen (secondary N) is 3. The van der Waals surface area contributed by atoms with Crippen molar-refractivity contribution < 1.29 is 18.8 Å². The van der Waals surface area contributed by atoms with Crippen molar-refractivity contribution in [3.63, 3.8) is 0 Å². The smallest absolute Gasteiger partial charge is 0.322 e. The van der Waals surface area contributed by atoms with E-state index in [9.17, 15) is 14.4 Å². The number of rotatable bonds is 4. The highest BCUT2D eigenvalue weighted by Gasteiger charge is 2.48. The molecule has 2 fully saturated rings. The third kappa shape index (κ3) is 3.22. The Morgan fingerprint density at radius 3 is 2.85 bits per heavy atom. The van der Waals surface area contributed by atoms with Crippen LogP contribution in [0.25, 0.3) is 10.6 Å². The van der Waals surface area contributed by atoms with Crippen LogP contribution in [-0.4, -0.2) is 34.4 Å². The van der Waals surface area contributed by atoms with Crippen molar-refractivity contribution in [2.24, 2.45) is 0 Å². The minimum atomic E-state index is -0.799. The number of aromatic nitrogens is 1. The Kier molecular flexibility index (Phi) is 4.23. The van der Waals surface area contributed by atoms with E-state index in [0.717, 1.165) is 16.3 Å². The molecule has 0 unspecified atom stereocenters. The van der Waals surface area contributed by atoms with Crippen molar-refractivity contribution >= 4 is 29.2 Å². The third-order valence-electron chi connectivity index (χ3n) is 4.88. The highest BCUT2D eigenvalue weighted by atomic mass is 32.1. The van der Waals surface area contributed by atoms with Crippen molar-refractivity contribution in [1.82, 2.24) is 20.9 Å². The minimum Gasteiger partial charge on any atom is -0.472 e. The Morgan fingerprint density at radius 1 is 1.38 bits per heavy atom. The van der Waals surface area contributed by atoms with Crippen LogP contribution in [0.4, 0.5) is 4.79 Å². The topological polar surface area (TPSA) is 113 Å². The molecule has 3 N–H and O–H groups in total. The SMILES string of the molecule is O=C(Cc1csc(-c2ccoc2)n1)NC1CCC2(CC1)NC(=O)NC2=O. The fraction of sp³-hybridized carbons (Fsp3) is 0.412. The largest absolute Gasteiger partial charge is 0.472 e. The number of nitrogens with zero attached hydrogens (tertiary/aromatic N) is 1. The molecule has 0 atom stereocenters. The lowest BCUT2D eigenvalue weighted by atomic mass is 9.79. The zero-order chi connectivity index (χ0) is 18.1. The van der Waals surface area contributed by atoms with Crippen LogP contribution in [0, 0.1) is 0 Å². The maximum absolute atomic E-state index is 12.3. The van der Waals surface area contributed by atoms with E-state index in [-0.39, 0.29) is 24.3 Å². The molecule has 1 aliphatic carbocycles. The number of carbonyl (C=O) groups excluding carboxylic acids is 3. The first-order valence-electron chi connectivity index (χ1n) is 8.44. The average Bonchev–Trinajstić information content (AvgIpc) is 3.31. The van der Waals surface area contributed by atoms with Gasteiger partial charge in [0.2, 0.25) is 5.91 Å². The Labute approximate surface area is 153 Å². The van der Waals surface area contributed by atoms with Gasteiger partial charge in [-0.1, -0.05) is 0 Å². The molecule has 1 saturated heterocycles. The van der Waals surface area contributed by atoms with Gasteiger partial charge in [0.25, 0.3) is 5.91 Å². The molecule has 0 aromatic carbocycles. The second-order valence-corrected chi connectivity index (χ2v) is 7.52. The molecule has 4 rings (SSSR count). The number of hydrogen-bond donors (Lipinski definition) is 3. The van der Waals surface area contributed by atoms with Gasteiger partial charge in [0.15, 0.2) is 0 Å². The summed E-state index contributed by atoms with van der Waals surface area (Å²) in [4.78, 5) is 40.0. The Balaban J connectivity index is 1.30. The van der Waals surface area contributed by atoms with Gasteiger partial charge in [-0.25, -0.2) is 9.78 Å². The molecule has 26 heavy (non-hydrogen) atoms. The van der Waals surface area contributed by atoms with Gasteiger partial charge < -0.3 is 15.1 Å². The summed E-state index contributed by atoms with van der Waals surface area (Å²) in [5.41, 5.74) is 0.821. The molecular weight excluding hydrogens is 356 g/mol. The molecule has 2 aromatic rings. The van der Waals surface area contributed by atoms with Crippen molar-refractivity contribution in [1.29, 1.82) is 0 Å². The number of imide groups is 1. The Bertz CT molecular complexity index is 837. The first-order chi connectivity index (χ1) is 12.5. The molecule has 0 bridgehead atoms. The Morgan fingerprint density at radius 2 is 2.19 bits per heavy atom. The number of hydrogen-bond acceptors (Lipinski definition) is 6. The van der Waals surface area contributed by atoms with Gasteiger partial charge in [-0.3, -0.25) is 14.9 Å². The van der Waals surface area contributed by atoms with Gasteiger partial charge in [0.1, 0.15) is 16.8 Å². The third-order valence-corrected chi connectivity index (χ3v) is 5.82. The molecule has 1 aliphatic heterocycles. The molecule has 0 radical (unpaired) electrons. The van der Waals surface area contributed by atoms with E-state index in [4.69, 9.17) is 4.42 Å². The van der Waals surface area contributed by atoms with E-state index < -0.39 is 11.6 Å². The molecule has 1 saturated carbocycles. The van der Waals surface area contributed by atoms with E-state index in [1.807, 2.05) is 11.4 Å². The molecule has 2 aromatic heterocycles. The van der Waals surface area contributed by atoms with Gasteiger partial charge in [0.05, 0.1) is 18.4 Å². The standard InChI is InChI=1S/C17H18N4O4S/c22-13(7-12-9-26-14(19-12)10-3-6-25-8-10)18-11-1-4-17(5-2-11)15(23)20-16(24)21-17/h3,6,8-9,11H,1-2,4-5,7H2,(H,18,22)(H2,20,21,23,24). The number of carbonyl (C=O) groups is 3. The molecule has 8 nitrogen and oxygen atoms in total. The van der Waals surface area contributed by atoms with Crippen molar-refractivity contribution in [2.45, 2.75) is 43.7 Å². The summed E-state index contributed by atoms with van der Waals surface area (Å²) in [5, 5.41) is 10.7. The minimum absolute atomic E-state index is 0.00501. The van der Waals surface area contributed by atoms with Gasteiger partial charge >= 0.3 is 6.03 Å². The summed E-state index contributed by atoms with van der Waals surface area (Å²) in [6, 6.07) is 1.40. The summed E-state index contributed by atoms with van der Waals surface area (Å²) >= 11 is 1.47. The zero-order valence-corrected chi connectivity index (χ0v) is 14.7.